The summed E-state index contributed by atoms with van der Waals surface area (Å²) in [4.78, 5) is 11.8. The predicted octanol–water partition coefficient (Wildman–Crippen LogP) is 2.18. The number of anilines is 1. The summed E-state index contributed by atoms with van der Waals surface area (Å²) in [6.07, 6.45) is 2.38. The zero-order valence-corrected chi connectivity index (χ0v) is 12.7. The van der Waals surface area contributed by atoms with Gasteiger partial charge >= 0.3 is 0 Å². The Kier molecular flexibility index (Phi) is 5.87. The average molecular weight is 292 g/mol. The molecular weight excluding hydrogens is 268 g/mol. The molecule has 1 unspecified atom stereocenters. The molecule has 0 radical (unpaired) electrons. The number of benzene rings is 1. The molecule has 1 aromatic rings. The third kappa shape index (κ3) is 5.27. The maximum absolute atomic E-state index is 11.8. The summed E-state index contributed by atoms with van der Waals surface area (Å²) in [5.74, 6) is 0.726. The number of rotatable bonds is 7. The summed E-state index contributed by atoms with van der Waals surface area (Å²) in [5.41, 5.74) is 0.832. The number of carbonyl (C=O) groups is 1. The van der Waals surface area contributed by atoms with E-state index < -0.39 is 0 Å². The summed E-state index contributed by atoms with van der Waals surface area (Å²) in [7, 11) is 0. The van der Waals surface area contributed by atoms with E-state index in [4.69, 9.17) is 9.47 Å². The summed E-state index contributed by atoms with van der Waals surface area (Å²) < 4.78 is 11.2. The van der Waals surface area contributed by atoms with Gasteiger partial charge in [0, 0.05) is 13.2 Å². The Morgan fingerprint density at radius 2 is 2.24 bits per heavy atom. The van der Waals surface area contributed by atoms with Crippen molar-refractivity contribution in [3.05, 3.63) is 24.3 Å². The first kappa shape index (κ1) is 15.6. The molecule has 5 nitrogen and oxygen atoms in total. The minimum Gasteiger partial charge on any atom is -0.489 e. The highest BCUT2D eigenvalue weighted by atomic mass is 16.5. The van der Waals surface area contributed by atoms with Crippen molar-refractivity contribution >= 4 is 11.6 Å². The molecule has 0 spiro atoms. The van der Waals surface area contributed by atoms with Crippen LogP contribution >= 0.6 is 0 Å². The molecule has 2 rings (SSSR count). The van der Waals surface area contributed by atoms with E-state index in [1.165, 1.54) is 0 Å². The third-order valence-corrected chi connectivity index (χ3v) is 3.24. The van der Waals surface area contributed by atoms with E-state index in [9.17, 15) is 4.79 Å². The molecule has 2 N–H and O–H groups in total. The third-order valence-electron chi connectivity index (χ3n) is 3.24. The van der Waals surface area contributed by atoms with Gasteiger partial charge in [-0.05, 0) is 38.8 Å². The first-order valence-corrected chi connectivity index (χ1v) is 7.53. The Bertz CT molecular complexity index is 457. The van der Waals surface area contributed by atoms with Gasteiger partial charge in [-0.1, -0.05) is 12.1 Å². The lowest BCUT2D eigenvalue weighted by atomic mass is 10.2. The number of ether oxygens (including phenoxy) is 2. The largest absolute Gasteiger partial charge is 0.489 e. The maximum atomic E-state index is 11.8. The van der Waals surface area contributed by atoms with Crippen LogP contribution in [0.25, 0.3) is 0 Å². The molecule has 1 aliphatic rings. The number of carbonyl (C=O) groups excluding carboxylic acids is 1. The zero-order chi connectivity index (χ0) is 15.1. The van der Waals surface area contributed by atoms with Crippen LogP contribution in [0.5, 0.6) is 5.75 Å². The van der Waals surface area contributed by atoms with Gasteiger partial charge in [0.2, 0.25) is 5.91 Å². The van der Waals surface area contributed by atoms with Gasteiger partial charge < -0.3 is 20.1 Å². The molecule has 1 fully saturated rings. The number of amides is 1. The van der Waals surface area contributed by atoms with Gasteiger partial charge in [0.05, 0.1) is 24.4 Å². The molecule has 1 aliphatic heterocycles. The van der Waals surface area contributed by atoms with E-state index in [1.54, 1.807) is 0 Å². The summed E-state index contributed by atoms with van der Waals surface area (Å²) in [6, 6.07) is 7.64. The second-order valence-electron chi connectivity index (χ2n) is 5.46. The maximum Gasteiger partial charge on any atom is 0.239 e. The molecule has 5 heteroatoms. The molecule has 1 amide bonds. The Morgan fingerprint density at radius 1 is 1.43 bits per heavy atom. The van der Waals surface area contributed by atoms with Crippen LogP contribution in [-0.4, -0.2) is 37.8 Å². The molecule has 0 bridgehead atoms. The summed E-state index contributed by atoms with van der Waals surface area (Å²) >= 11 is 0. The topological polar surface area (TPSA) is 59.6 Å². The van der Waals surface area contributed by atoms with Gasteiger partial charge in [0.25, 0.3) is 0 Å². The lowest BCUT2D eigenvalue weighted by Crippen LogP contribution is -2.35. The fourth-order valence-corrected chi connectivity index (χ4v) is 2.24. The van der Waals surface area contributed by atoms with Crippen molar-refractivity contribution in [2.24, 2.45) is 0 Å². The SMILES string of the molecule is CC(C)Oc1ccccc1NCC(=O)NCC1CCCO1. The number of hydrogen-bond donors (Lipinski definition) is 2. The zero-order valence-electron chi connectivity index (χ0n) is 12.7. The highest BCUT2D eigenvalue weighted by molar-refractivity contribution is 5.81. The van der Waals surface area contributed by atoms with Crippen LogP contribution in [-0.2, 0) is 9.53 Å². The van der Waals surface area contributed by atoms with Crippen molar-refractivity contribution in [2.75, 3.05) is 25.0 Å². The molecule has 1 heterocycles. The van der Waals surface area contributed by atoms with Crippen LogP contribution < -0.4 is 15.4 Å². The van der Waals surface area contributed by atoms with Crippen molar-refractivity contribution in [3.8, 4) is 5.75 Å². The Morgan fingerprint density at radius 3 is 2.95 bits per heavy atom. The van der Waals surface area contributed by atoms with Crippen LogP contribution in [0.15, 0.2) is 24.3 Å². The Labute approximate surface area is 126 Å². The van der Waals surface area contributed by atoms with Crippen LogP contribution in [0, 0.1) is 0 Å². The normalized spacial score (nSPS) is 17.8. The lowest BCUT2D eigenvalue weighted by molar-refractivity contribution is -0.119. The second-order valence-corrected chi connectivity index (χ2v) is 5.46. The van der Waals surface area contributed by atoms with Crippen LogP contribution in [0.4, 0.5) is 5.69 Å². The highest BCUT2D eigenvalue weighted by Gasteiger charge is 2.16. The van der Waals surface area contributed by atoms with Gasteiger partial charge in [-0.15, -0.1) is 0 Å². The summed E-state index contributed by atoms with van der Waals surface area (Å²) in [6.45, 7) is 5.57. The molecular formula is C16H24N2O3. The van der Waals surface area contributed by atoms with Gasteiger partial charge in [-0.3, -0.25) is 4.79 Å². The molecule has 0 aliphatic carbocycles. The predicted molar refractivity (Wildman–Crippen MR) is 82.7 cm³/mol. The Balaban J connectivity index is 1.77. The monoisotopic (exact) mass is 292 g/mol. The minimum atomic E-state index is -0.0372. The molecule has 0 aromatic heterocycles. The van der Waals surface area contributed by atoms with E-state index in [2.05, 4.69) is 10.6 Å². The van der Waals surface area contributed by atoms with E-state index >= 15 is 0 Å². The van der Waals surface area contributed by atoms with E-state index in [-0.39, 0.29) is 24.7 Å². The van der Waals surface area contributed by atoms with Crippen molar-refractivity contribution < 1.29 is 14.3 Å². The van der Waals surface area contributed by atoms with Crippen LogP contribution in [0.3, 0.4) is 0 Å². The number of para-hydroxylation sites is 2. The first-order valence-electron chi connectivity index (χ1n) is 7.53. The fraction of sp³-hybridized carbons (Fsp3) is 0.562. The van der Waals surface area contributed by atoms with Crippen LogP contribution in [0.2, 0.25) is 0 Å². The highest BCUT2D eigenvalue weighted by Crippen LogP contribution is 2.24. The van der Waals surface area contributed by atoms with Crippen LogP contribution in [0.1, 0.15) is 26.7 Å². The minimum absolute atomic E-state index is 0.0372. The average Bonchev–Trinajstić information content (AvgIpc) is 2.97. The van der Waals surface area contributed by atoms with Gasteiger partial charge in [-0.2, -0.15) is 0 Å². The molecule has 1 aromatic carbocycles. The standard InChI is InChI=1S/C16H24N2O3/c1-12(2)21-15-8-4-3-7-14(15)17-11-16(19)18-10-13-6-5-9-20-13/h3-4,7-8,12-13,17H,5-6,9-11H2,1-2H3,(H,18,19). The summed E-state index contributed by atoms with van der Waals surface area (Å²) in [5, 5.41) is 6.00. The van der Waals surface area contributed by atoms with Gasteiger partial charge in [-0.25, -0.2) is 0 Å². The molecule has 0 saturated carbocycles. The Hall–Kier alpha value is -1.75. The fourth-order valence-electron chi connectivity index (χ4n) is 2.24. The smallest absolute Gasteiger partial charge is 0.239 e. The van der Waals surface area contributed by atoms with Crippen molar-refractivity contribution in [1.29, 1.82) is 0 Å². The lowest BCUT2D eigenvalue weighted by Gasteiger charge is -2.16. The quantitative estimate of drug-likeness (QED) is 0.808. The number of nitrogens with one attached hydrogen (secondary N) is 2. The van der Waals surface area contributed by atoms with E-state index in [0.717, 1.165) is 30.9 Å². The van der Waals surface area contributed by atoms with E-state index in [1.807, 2.05) is 38.1 Å². The van der Waals surface area contributed by atoms with Gasteiger partial charge in [0.1, 0.15) is 5.75 Å². The first-order chi connectivity index (χ1) is 10.1. The molecule has 1 saturated heterocycles. The van der Waals surface area contributed by atoms with Crippen molar-refractivity contribution in [1.82, 2.24) is 5.32 Å². The second kappa shape index (κ2) is 7.88. The molecule has 116 valence electrons. The van der Waals surface area contributed by atoms with E-state index in [0.29, 0.717) is 6.54 Å². The molecule has 21 heavy (non-hydrogen) atoms. The number of hydrogen-bond acceptors (Lipinski definition) is 4. The van der Waals surface area contributed by atoms with Crippen molar-refractivity contribution in [2.45, 2.75) is 38.9 Å². The van der Waals surface area contributed by atoms with Gasteiger partial charge in [0.15, 0.2) is 0 Å². The molecule has 1 atom stereocenters. The van der Waals surface area contributed by atoms with Crippen molar-refractivity contribution in [3.63, 3.8) is 0 Å².